The highest BCUT2D eigenvalue weighted by atomic mass is 127. The summed E-state index contributed by atoms with van der Waals surface area (Å²) in [6, 6.07) is 0. The molecule has 0 amide bonds. The van der Waals surface area contributed by atoms with Gasteiger partial charge in [0.2, 0.25) is 0 Å². The van der Waals surface area contributed by atoms with Crippen molar-refractivity contribution in [3.63, 3.8) is 0 Å². The van der Waals surface area contributed by atoms with E-state index in [4.69, 9.17) is 10.5 Å². The molecule has 1 aliphatic rings. The fraction of sp³-hybridized carbons (Fsp3) is 0.917. The molecule has 1 fully saturated rings. The predicted octanol–water partition coefficient (Wildman–Crippen LogP) is 1.19. The first-order valence-electron chi connectivity index (χ1n) is 6.35. The van der Waals surface area contributed by atoms with Gasteiger partial charge in [0, 0.05) is 34.4 Å². The van der Waals surface area contributed by atoms with Crippen LogP contribution in [0.5, 0.6) is 0 Å². The molecule has 0 bridgehead atoms. The molecule has 5 nitrogen and oxygen atoms in total. The van der Waals surface area contributed by atoms with Gasteiger partial charge in [-0.3, -0.25) is 9.20 Å². The molecule has 0 aromatic rings. The van der Waals surface area contributed by atoms with Gasteiger partial charge in [0.1, 0.15) is 0 Å². The van der Waals surface area contributed by atoms with Crippen LogP contribution < -0.4 is 5.73 Å². The van der Waals surface area contributed by atoms with Gasteiger partial charge in [-0.25, -0.2) is 0 Å². The normalized spacial score (nSPS) is 22.8. The maximum Gasteiger partial charge on any atom is 0.191 e. The zero-order valence-corrected chi connectivity index (χ0v) is 15.4. The highest BCUT2D eigenvalue weighted by Crippen LogP contribution is 2.11. The van der Waals surface area contributed by atoms with Gasteiger partial charge in [-0.2, -0.15) is 0 Å². The van der Waals surface area contributed by atoms with E-state index in [-0.39, 0.29) is 34.8 Å². The van der Waals surface area contributed by atoms with E-state index in [0.29, 0.717) is 24.9 Å². The van der Waals surface area contributed by atoms with Crippen LogP contribution in [-0.4, -0.2) is 57.9 Å². The Bertz CT molecular complexity index is 331. The van der Waals surface area contributed by atoms with Crippen molar-refractivity contribution >= 4 is 40.7 Å². The lowest BCUT2D eigenvalue weighted by Crippen LogP contribution is -2.48. The number of halogens is 1. The van der Waals surface area contributed by atoms with Crippen molar-refractivity contribution in [3.8, 4) is 0 Å². The molecule has 0 spiro atoms. The standard InChI is InChI=1S/C12H25N3O2S.HI/c1-10-9-15(6-7-17-10)11(13)14-5-8-18(16)12(2,3)4;/h10H,5-9H2,1-4H3,(H2,13,14);1H. The minimum absolute atomic E-state index is 0. The maximum atomic E-state index is 11.8. The molecule has 2 N–H and O–H groups in total. The third-order valence-corrected chi connectivity index (χ3v) is 4.72. The minimum atomic E-state index is -0.872. The summed E-state index contributed by atoms with van der Waals surface area (Å²) in [4.78, 5) is 6.33. The van der Waals surface area contributed by atoms with Crippen molar-refractivity contribution in [3.05, 3.63) is 0 Å². The lowest BCUT2D eigenvalue weighted by Gasteiger charge is -2.31. The molecule has 2 unspecified atom stereocenters. The summed E-state index contributed by atoms with van der Waals surface area (Å²) in [5.41, 5.74) is 5.93. The number of aliphatic imine (C=N–C) groups is 1. The minimum Gasteiger partial charge on any atom is -0.375 e. The number of hydrogen-bond donors (Lipinski definition) is 1. The molecular formula is C12H26IN3O2S. The number of rotatable bonds is 3. The number of ether oxygens (including phenoxy) is 1. The van der Waals surface area contributed by atoms with Crippen LogP contribution in [0.1, 0.15) is 27.7 Å². The van der Waals surface area contributed by atoms with E-state index in [1.165, 1.54) is 0 Å². The maximum absolute atomic E-state index is 11.8. The number of guanidine groups is 1. The van der Waals surface area contributed by atoms with Crippen molar-refractivity contribution in [2.45, 2.75) is 38.5 Å². The summed E-state index contributed by atoms with van der Waals surface area (Å²) in [6.45, 7) is 10.7. The summed E-state index contributed by atoms with van der Waals surface area (Å²) in [7, 11) is -0.872. The van der Waals surface area contributed by atoms with Gasteiger partial charge in [0.05, 0.1) is 19.3 Å². The van der Waals surface area contributed by atoms with Crippen molar-refractivity contribution in [1.29, 1.82) is 0 Å². The van der Waals surface area contributed by atoms with Gasteiger partial charge in [-0.1, -0.05) is 0 Å². The lowest BCUT2D eigenvalue weighted by atomic mass is 10.3. The van der Waals surface area contributed by atoms with Crippen molar-refractivity contribution in [2.24, 2.45) is 10.7 Å². The summed E-state index contributed by atoms with van der Waals surface area (Å²) >= 11 is 0. The Morgan fingerprint density at radius 2 is 2.16 bits per heavy atom. The van der Waals surface area contributed by atoms with E-state index < -0.39 is 10.8 Å². The Kier molecular flexibility index (Phi) is 8.46. The quantitative estimate of drug-likeness (QED) is 0.437. The van der Waals surface area contributed by atoms with Gasteiger partial charge in [-0.05, 0) is 27.7 Å². The fourth-order valence-electron chi connectivity index (χ4n) is 1.68. The number of hydrogen-bond acceptors (Lipinski definition) is 3. The predicted molar refractivity (Wildman–Crippen MR) is 91.7 cm³/mol. The van der Waals surface area contributed by atoms with E-state index in [0.717, 1.165) is 13.1 Å². The van der Waals surface area contributed by atoms with Gasteiger partial charge in [0.15, 0.2) is 5.96 Å². The molecule has 1 rings (SSSR count). The second-order valence-electron chi connectivity index (χ2n) is 5.53. The zero-order chi connectivity index (χ0) is 13.8. The van der Waals surface area contributed by atoms with Gasteiger partial charge < -0.3 is 15.4 Å². The van der Waals surface area contributed by atoms with E-state index in [2.05, 4.69) is 4.99 Å². The van der Waals surface area contributed by atoms with E-state index in [1.807, 2.05) is 32.6 Å². The average Bonchev–Trinajstić information content (AvgIpc) is 2.27. The topological polar surface area (TPSA) is 67.9 Å². The van der Waals surface area contributed by atoms with Crippen LogP contribution in [0.3, 0.4) is 0 Å². The van der Waals surface area contributed by atoms with Crippen molar-refractivity contribution < 1.29 is 8.95 Å². The van der Waals surface area contributed by atoms with Crippen LogP contribution in [0.2, 0.25) is 0 Å². The first kappa shape index (κ1) is 19.1. The summed E-state index contributed by atoms with van der Waals surface area (Å²) in [5.74, 6) is 1.10. The fourth-order valence-corrected chi connectivity index (χ4v) is 2.55. The molecule has 0 saturated carbocycles. The molecule has 0 aromatic carbocycles. The molecule has 114 valence electrons. The molecule has 0 aliphatic carbocycles. The molecule has 0 aromatic heterocycles. The van der Waals surface area contributed by atoms with Gasteiger partial charge >= 0.3 is 0 Å². The molecule has 0 radical (unpaired) electrons. The molecule has 1 saturated heterocycles. The Hall–Kier alpha value is 0.110. The SMILES string of the molecule is CC1CN(C(N)=NCCS(=O)C(C)(C)C)CCO1.I. The first-order valence-corrected chi connectivity index (χ1v) is 7.67. The Balaban J connectivity index is 0.00000324. The molecule has 1 heterocycles. The van der Waals surface area contributed by atoms with Crippen LogP contribution in [-0.2, 0) is 15.5 Å². The molecule has 7 heteroatoms. The van der Waals surface area contributed by atoms with E-state index in [9.17, 15) is 4.21 Å². The summed E-state index contributed by atoms with van der Waals surface area (Å²) in [5, 5.41) is 0. The van der Waals surface area contributed by atoms with Gasteiger partial charge in [0.25, 0.3) is 0 Å². The summed E-state index contributed by atoms with van der Waals surface area (Å²) in [6.07, 6.45) is 0.191. The Morgan fingerprint density at radius 3 is 2.68 bits per heavy atom. The van der Waals surface area contributed by atoms with Crippen LogP contribution >= 0.6 is 24.0 Å². The van der Waals surface area contributed by atoms with Crippen LogP contribution in [0.15, 0.2) is 4.99 Å². The molecular weight excluding hydrogens is 377 g/mol. The zero-order valence-electron chi connectivity index (χ0n) is 12.2. The first-order chi connectivity index (χ1) is 8.30. The average molecular weight is 403 g/mol. The van der Waals surface area contributed by atoms with Crippen molar-refractivity contribution in [1.82, 2.24) is 4.90 Å². The van der Waals surface area contributed by atoms with Crippen LogP contribution in [0.4, 0.5) is 0 Å². The van der Waals surface area contributed by atoms with E-state index >= 15 is 0 Å². The van der Waals surface area contributed by atoms with Crippen LogP contribution in [0.25, 0.3) is 0 Å². The number of nitrogens with zero attached hydrogens (tertiary/aromatic N) is 2. The Labute approximate surface area is 135 Å². The molecule has 19 heavy (non-hydrogen) atoms. The largest absolute Gasteiger partial charge is 0.375 e. The van der Waals surface area contributed by atoms with Crippen molar-refractivity contribution in [2.75, 3.05) is 32.0 Å². The molecule has 2 atom stereocenters. The smallest absolute Gasteiger partial charge is 0.191 e. The number of morpholine rings is 1. The number of nitrogens with two attached hydrogens (primary N) is 1. The highest BCUT2D eigenvalue weighted by molar-refractivity contribution is 14.0. The highest BCUT2D eigenvalue weighted by Gasteiger charge is 2.20. The third-order valence-electron chi connectivity index (χ3n) is 2.80. The lowest BCUT2D eigenvalue weighted by molar-refractivity contribution is 0.00531. The second-order valence-corrected chi connectivity index (χ2v) is 7.85. The van der Waals surface area contributed by atoms with E-state index in [1.54, 1.807) is 0 Å². The third kappa shape index (κ3) is 6.89. The summed E-state index contributed by atoms with van der Waals surface area (Å²) < 4.78 is 17.1. The van der Waals surface area contributed by atoms with Gasteiger partial charge in [-0.15, -0.1) is 24.0 Å². The Morgan fingerprint density at radius 1 is 1.53 bits per heavy atom. The second kappa shape index (κ2) is 8.41. The van der Waals surface area contributed by atoms with Crippen LogP contribution in [0, 0.1) is 0 Å². The molecule has 1 aliphatic heterocycles. The monoisotopic (exact) mass is 403 g/mol.